The van der Waals surface area contributed by atoms with Crippen molar-refractivity contribution in [3.05, 3.63) is 34.9 Å². The van der Waals surface area contributed by atoms with Crippen LogP contribution in [0.5, 0.6) is 0 Å². The first-order valence-electron chi connectivity index (χ1n) is 11.7. The molecule has 0 radical (unpaired) electrons. The fourth-order valence-electron chi connectivity index (χ4n) is 3.60. The molecule has 0 fully saturated rings. The minimum atomic E-state index is -1.42. The average molecular weight is 487 g/mol. The molecular formula is C26H38N4O5. The molecule has 0 aliphatic rings. The zero-order chi connectivity index (χ0) is 26.8. The molecule has 0 aliphatic heterocycles. The number of ether oxygens (including phenoxy) is 1. The predicted octanol–water partition coefficient (Wildman–Crippen LogP) is 2.84. The lowest BCUT2D eigenvalue weighted by Gasteiger charge is -2.31. The van der Waals surface area contributed by atoms with Crippen molar-refractivity contribution in [3.8, 4) is 12.5 Å². The largest absolute Gasteiger partial charge is 0.444 e. The smallest absolute Gasteiger partial charge is 0.408 e. The summed E-state index contributed by atoms with van der Waals surface area (Å²) in [4.78, 5) is 51.9. The van der Waals surface area contributed by atoms with Gasteiger partial charge in [-0.05, 0) is 57.7 Å². The minimum Gasteiger partial charge on any atom is -0.444 e. The Morgan fingerprint density at radius 3 is 2.23 bits per heavy atom. The van der Waals surface area contributed by atoms with E-state index >= 15 is 0 Å². The molecule has 0 spiro atoms. The summed E-state index contributed by atoms with van der Waals surface area (Å²) >= 11 is 0. The summed E-state index contributed by atoms with van der Waals surface area (Å²) in [5, 5.41) is 5.23. The molecule has 9 nitrogen and oxygen atoms in total. The third-order valence-corrected chi connectivity index (χ3v) is 5.17. The summed E-state index contributed by atoms with van der Waals surface area (Å²) in [5.74, 6) is -2.11. The molecule has 0 saturated carbocycles. The average Bonchev–Trinajstić information content (AvgIpc) is 2.73. The van der Waals surface area contributed by atoms with Crippen molar-refractivity contribution >= 4 is 23.8 Å². The Kier molecular flexibility index (Phi) is 11.3. The molecule has 192 valence electrons. The molecule has 1 aromatic rings. The van der Waals surface area contributed by atoms with Crippen LogP contribution in [0.2, 0.25) is 0 Å². The SMILES string of the molecule is C#CN(C(=O)C(CC(N)=O)NC(=O)OC(C)(C)C)C(C(=O)NCCCCC)c1c(C)cccc1C. The molecule has 9 heteroatoms. The Morgan fingerprint density at radius 1 is 1.14 bits per heavy atom. The summed E-state index contributed by atoms with van der Waals surface area (Å²) in [7, 11) is 0. The zero-order valence-corrected chi connectivity index (χ0v) is 21.6. The van der Waals surface area contributed by atoms with E-state index in [1.807, 2.05) is 32.0 Å². The number of aryl methyl sites for hydroxylation is 2. The van der Waals surface area contributed by atoms with Crippen LogP contribution in [0, 0.1) is 26.3 Å². The maximum Gasteiger partial charge on any atom is 0.408 e. The highest BCUT2D eigenvalue weighted by atomic mass is 16.6. The van der Waals surface area contributed by atoms with Crippen LogP contribution in [0.15, 0.2) is 18.2 Å². The summed E-state index contributed by atoms with van der Waals surface area (Å²) in [6.45, 7) is 11.1. The van der Waals surface area contributed by atoms with Gasteiger partial charge in [0.2, 0.25) is 11.8 Å². The van der Waals surface area contributed by atoms with E-state index in [9.17, 15) is 19.2 Å². The van der Waals surface area contributed by atoms with Gasteiger partial charge in [-0.1, -0.05) is 44.4 Å². The molecule has 0 aromatic heterocycles. The summed E-state index contributed by atoms with van der Waals surface area (Å²) in [5.41, 5.74) is 6.59. The number of hydrogen-bond acceptors (Lipinski definition) is 5. The first kappa shape index (κ1) is 29.5. The number of hydrogen-bond donors (Lipinski definition) is 3. The van der Waals surface area contributed by atoms with Crippen LogP contribution in [0.1, 0.15) is 76.1 Å². The number of rotatable bonds is 11. The number of nitrogens with two attached hydrogens (primary N) is 1. The van der Waals surface area contributed by atoms with Crippen molar-refractivity contribution in [2.24, 2.45) is 5.73 Å². The van der Waals surface area contributed by atoms with E-state index in [0.717, 1.165) is 35.3 Å². The molecule has 1 aromatic carbocycles. The Labute approximate surface area is 208 Å². The van der Waals surface area contributed by atoms with Crippen LogP contribution in [0.25, 0.3) is 0 Å². The minimum absolute atomic E-state index is 0.418. The molecular weight excluding hydrogens is 448 g/mol. The van der Waals surface area contributed by atoms with Crippen molar-refractivity contribution in [2.75, 3.05) is 6.54 Å². The number of carbonyl (C=O) groups excluding carboxylic acids is 4. The van der Waals surface area contributed by atoms with Crippen LogP contribution >= 0.6 is 0 Å². The van der Waals surface area contributed by atoms with Crippen LogP contribution < -0.4 is 16.4 Å². The molecule has 35 heavy (non-hydrogen) atoms. The Hall–Kier alpha value is -3.54. The first-order chi connectivity index (χ1) is 16.3. The number of nitrogens with one attached hydrogen (secondary N) is 2. The van der Waals surface area contributed by atoms with Gasteiger partial charge in [0.25, 0.3) is 5.91 Å². The number of unbranched alkanes of at least 4 members (excludes halogenated alkanes) is 2. The van der Waals surface area contributed by atoms with Gasteiger partial charge in [-0.2, -0.15) is 0 Å². The lowest BCUT2D eigenvalue weighted by atomic mass is 9.93. The third kappa shape index (κ3) is 9.32. The lowest BCUT2D eigenvalue weighted by molar-refractivity contribution is -0.139. The summed E-state index contributed by atoms with van der Waals surface area (Å²) < 4.78 is 5.22. The van der Waals surface area contributed by atoms with Gasteiger partial charge in [0, 0.05) is 12.6 Å². The maximum atomic E-state index is 13.6. The van der Waals surface area contributed by atoms with E-state index in [-0.39, 0.29) is 0 Å². The highest BCUT2D eigenvalue weighted by Gasteiger charge is 2.37. The first-order valence-corrected chi connectivity index (χ1v) is 11.7. The van der Waals surface area contributed by atoms with Crippen molar-refractivity contribution in [2.45, 2.75) is 84.9 Å². The van der Waals surface area contributed by atoms with Crippen LogP contribution in [-0.4, -0.2) is 46.9 Å². The number of terminal acetylenes is 1. The fourth-order valence-corrected chi connectivity index (χ4v) is 3.60. The molecule has 0 bridgehead atoms. The number of carbonyl (C=O) groups is 4. The highest BCUT2D eigenvalue weighted by Crippen LogP contribution is 2.28. The van der Waals surface area contributed by atoms with Crippen molar-refractivity contribution in [3.63, 3.8) is 0 Å². The quantitative estimate of drug-likeness (QED) is 0.251. The van der Waals surface area contributed by atoms with E-state index in [2.05, 4.69) is 23.6 Å². The molecule has 1 rings (SSSR count). The predicted molar refractivity (Wildman–Crippen MR) is 134 cm³/mol. The monoisotopic (exact) mass is 486 g/mol. The number of primary amides is 1. The van der Waals surface area contributed by atoms with Crippen LogP contribution in [0.3, 0.4) is 0 Å². The second-order valence-electron chi connectivity index (χ2n) is 9.41. The van der Waals surface area contributed by atoms with E-state index in [1.54, 1.807) is 20.8 Å². The zero-order valence-electron chi connectivity index (χ0n) is 21.6. The Morgan fingerprint density at radius 2 is 1.74 bits per heavy atom. The number of benzene rings is 1. The van der Waals surface area contributed by atoms with Gasteiger partial charge in [-0.25, -0.2) is 4.79 Å². The van der Waals surface area contributed by atoms with Gasteiger partial charge >= 0.3 is 6.09 Å². The number of amides is 4. The highest BCUT2D eigenvalue weighted by molar-refractivity contribution is 5.95. The maximum absolute atomic E-state index is 13.6. The van der Waals surface area contributed by atoms with E-state index in [4.69, 9.17) is 16.9 Å². The standard InChI is InChI=1S/C26H38N4O5/c1-8-10-11-15-28-23(32)22(21-17(3)13-12-14-18(21)4)30(9-2)24(33)19(16-20(27)31)29-25(34)35-26(5,6)7/h2,12-14,19,22H,8,10-11,15-16H2,1,3-7H3,(H2,27,31)(H,28,32)(H,29,34). The van der Waals surface area contributed by atoms with Gasteiger partial charge < -0.3 is 21.1 Å². The topological polar surface area (TPSA) is 131 Å². The molecule has 0 aliphatic carbocycles. The Balaban J connectivity index is 3.41. The van der Waals surface area contributed by atoms with E-state index in [1.165, 1.54) is 0 Å². The number of nitrogens with zero attached hydrogens (tertiary/aromatic N) is 1. The second kappa shape index (κ2) is 13.4. The van der Waals surface area contributed by atoms with Gasteiger partial charge in [0.15, 0.2) is 0 Å². The molecule has 0 heterocycles. The molecule has 2 unspecified atom stereocenters. The Bertz CT molecular complexity index is 941. The number of alkyl carbamates (subject to hydrolysis) is 1. The lowest BCUT2D eigenvalue weighted by Crippen LogP contribution is -2.52. The third-order valence-electron chi connectivity index (χ3n) is 5.17. The van der Waals surface area contributed by atoms with Crippen LogP contribution in [-0.2, 0) is 19.1 Å². The van der Waals surface area contributed by atoms with Crippen molar-refractivity contribution in [1.82, 2.24) is 15.5 Å². The van der Waals surface area contributed by atoms with Gasteiger partial charge in [-0.15, -0.1) is 0 Å². The van der Waals surface area contributed by atoms with E-state index in [0.29, 0.717) is 12.1 Å². The summed E-state index contributed by atoms with van der Waals surface area (Å²) in [6.07, 6.45) is 7.00. The molecule has 4 amide bonds. The van der Waals surface area contributed by atoms with Crippen LogP contribution in [0.4, 0.5) is 4.79 Å². The van der Waals surface area contributed by atoms with Gasteiger partial charge in [-0.3, -0.25) is 19.3 Å². The molecule has 2 atom stereocenters. The second-order valence-corrected chi connectivity index (χ2v) is 9.41. The van der Waals surface area contributed by atoms with Gasteiger partial charge in [0.1, 0.15) is 17.7 Å². The van der Waals surface area contributed by atoms with Gasteiger partial charge in [0.05, 0.1) is 6.42 Å². The normalized spacial score (nSPS) is 12.6. The summed E-state index contributed by atoms with van der Waals surface area (Å²) in [6, 6.07) is 5.17. The van der Waals surface area contributed by atoms with E-state index < -0.39 is 47.9 Å². The molecule has 4 N–H and O–H groups in total. The van der Waals surface area contributed by atoms with Crippen molar-refractivity contribution < 1.29 is 23.9 Å². The fraction of sp³-hybridized carbons (Fsp3) is 0.538. The molecule has 0 saturated heterocycles. The van der Waals surface area contributed by atoms with Crippen molar-refractivity contribution in [1.29, 1.82) is 0 Å².